The molecule has 0 aliphatic carbocycles. The largest absolute Gasteiger partial charge is 0.506 e. The monoisotopic (exact) mass is 307 g/mol. The van der Waals surface area contributed by atoms with E-state index in [1.807, 2.05) is 48.5 Å². The van der Waals surface area contributed by atoms with E-state index in [4.69, 9.17) is 4.74 Å². The van der Waals surface area contributed by atoms with Crippen LogP contribution in [0.3, 0.4) is 0 Å². The summed E-state index contributed by atoms with van der Waals surface area (Å²) < 4.78 is 5.10. The summed E-state index contributed by atoms with van der Waals surface area (Å²) in [6.45, 7) is 0.384. The molecular formula is C19H17NO3. The summed E-state index contributed by atoms with van der Waals surface area (Å²) in [5.41, 5.74) is 1.23. The molecule has 0 unspecified atom stereocenters. The van der Waals surface area contributed by atoms with Crippen molar-refractivity contribution in [3.05, 3.63) is 71.8 Å². The van der Waals surface area contributed by atoms with E-state index in [0.717, 1.165) is 16.7 Å². The Morgan fingerprint density at radius 2 is 1.78 bits per heavy atom. The van der Waals surface area contributed by atoms with E-state index >= 15 is 0 Å². The van der Waals surface area contributed by atoms with Crippen molar-refractivity contribution in [1.29, 1.82) is 0 Å². The molecule has 0 atom stereocenters. The zero-order valence-electron chi connectivity index (χ0n) is 12.7. The second-order valence-corrected chi connectivity index (χ2v) is 5.21. The third kappa shape index (κ3) is 3.11. The second-order valence-electron chi connectivity index (χ2n) is 5.21. The Hall–Kier alpha value is -3.01. The van der Waals surface area contributed by atoms with Gasteiger partial charge in [0.05, 0.1) is 12.7 Å². The van der Waals surface area contributed by atoms with E-state index in [1.54, 1.807) is 19.2 Å². The molecule has 3 rings (SSSR count). The third-order valence-electron chi connectivity index (χ3n) is 3.76. The standard InChI is InChI=1S/C19H17NO3/c1-23-15-9-6-13(7-10-15)12-20-19(22)17-11-8-14-4-2-3-5-16(14)18(17)21/h2-11,21H,12H2,1H3,(H,20,22). The number of hydrogen-bond acceptors (Lipinski definition) is 3. The molecular weight excluding hydrogens is 290 g/mol. The molecule has 23 heavy (non-hydrogen) atoms. The van der Waals surface area contributed by atoms with Crippen molar-refractivity contribution in [2.75, 3.05) is 7.11 Å². The minimum atomic E-state index is -0.302. The second kappa shape index (κ2) is 6.40. The summed E-state index contributed by atoms with van der Waals surface area (Å²) in [7, 11) is 1.61. The van der Waals surface area contributed by atoms with E-state index in [-0.39, 0.29) is 17.2 Å². The predicted molar refractivity (Wildman–Crippen MR) is 89.8 cm³/mol. The number of fused-ring (bicyclic) bond motifs is 1. The highest BCUT2D eigenvalue weighted by molar-refractivity contribution is 6.03. The summed E-state index contributed by atoms with van der Waals surface area (Å²) >= 11 is 0. The van der Waals surface area contributed by atoms with Gasteiger partial charge in [-0.3, -0.25) is 4.79 Å². The molecule has 2 N–H and O–H groups in total. The van der Waals surface area contributed by atoms with Crippen LogP contribution in [0.5, 0.6) is 11.5 Å². The smallest absolute Gasteiger partial charge is 0.255 e. The van der Waals surface area contributed by atoms with Crippen LogP contribution in [0.1, 0.15) is 15.9 Å². The summed E-state index contributed by atoms with van der Waals surface area (Å²) in [4.78, 5) is 12.3. The minimum absolute atomic E-state index is 0.00957. The number of phenols is 1. The van der Waals surface area contributed by atoms with Gasteiger partial charge in [-0.1, -0.05) is 42.5 Å². The molecule has 4 nitrogen and oxygen atoms in total. The Morgan fingerprint density at radius 1 is 1.04 bits per heavy atom. The van der Waals surface area contributed by atoms with Crippen LogP contribution in [-0.2, 0) is 6.54 Å². The summed E-state index contributed by atoms with van der Waals surface area (Å²) in [5, 5.41) is 14.7. The molecule has 0 saturated carbocycles. The van der Waals surface area contributed by atoms with Crippen LogP contribution in [0.15, 0.2) is 60.7 Å². The molecule has 4 heteroatoms. The van der Waals surface area contributed by atoms with Gasteiger partial charge in [-0.15, -0.1) is 0 Å². The van der Waals surface area contributed by atoms with Crippen molar-refractivity contribution in [2.24, 2.45) is 0 Å². The van der Waals surface area contributed by atoms with E-state index in [9.17, 15) is 9.90 Å². The fraction of sp³-hybridized carbons (Fsp3) is 0.105. The number of amides is 1. The molecule has 1 amide bonds. The first-order valence-electron chi connectivity index (χ1n) is 7.31. The number of rotatable bonds is 4. The normalized spacial score (nSPS) is 10.5. The minimum Gasteiger partial charge on any atom is -0.506 e. The van der Waals surface area contributed by atoms with Crippen LogP contribution in [-0.4, -0.2) is 18.1 Å². The van der Waals surface area contributed by atoms with Crippen LogP contribution in [0.4, 0.5) is 0 Å². The number of phenolic OH excluding ortho intramolecular Hbond substituents is 1. The number of hydrogen-bond donors (Lipinski definition) is 2. The van der Waals surface area contributed by atoms with E-state index in [2.05, 4.69) is 5.32 Å². The molecule has 0 bridgehead atoms. The number of carbonyl (C=O) groups excluding carboxylic acids is 1. The van der Waals surface area contributed by atoms with Gasteiger partial charge in [-0.25, -0.2) is 0 Å². The molecule has 0 fully saturated rings. The first-order valence-corrected chi connectivity index (χ1v) is 7.31. The molecule has 0 radical (unpaired) electrons. The van der Waals surface area contributed by atoms with Crippen LogP contribution in [0.25, 0.3) is 10.8 Å². The quantitative estimate of drug-likeness (QED) is 0.776. The molecule has 0 heterocycles. The maximum absolute atomic E-state index is 12.3. The third-order valence-corrected chi connectivity index (χ3v) is 3.76. The highest BCUT2D eigenvalue weighted by Crippen LogP contribution is 2.28. The summed E-state index contributed by atoms with van der Waals surface area (Å²) in [6, 6.07) is 18.4. The molecule has 3 aromatic rings. The molecule has 3 aromatic carbocycles. The van der Waals surface area contributed by atoms with Crippen molar-refractivity contribution in [3.8, 4) is 11.5 Å². The van der Waals surface area contributed by atoms with Crippen molar-refractivity contribution in [3.63, 3.8) is 0 Å². The first kappa shape index (κ1) is 14.9. The molecule has 0 saturated heterocycles. The Balaban J connectivity index is 1.76. The Kier molecular flexibility index (Phi) is 4.15. The first-order chi connectivity index (χ1) is 11.2. The fourth-order valence-electron chi connectivity index (χ4n) is 2.46. The van der Waals surface area contributed by atoms with E-state index in [0.29, 0.717) is 11.9 Å². The SMILES string of the molecule is COc1ccc(CNC(=O)c2ccc3ccccc3c2O)cc1. The topological polar surface area (TPSA) is 58.6 Å². The van der Waals surface area contributed by atoms with Gasteiger partial charge in [0.1, 0.15) is 11.5 Å². The van der Waals surface area contributed by atoms with Gasteiger partial charge in [0, 0.05) is 11.9 Å². The van der Waals surface area contributed by atoms with Gasteiger partial charge in [-0.2, -0.15) is 0 Å². The van der Waals surface area contributed by atoms with Gasteiger partial charge in [0.25, 0.3) is 5.91 Å². The molecule has 0 aromatic heterocycles. The Morgan fingerprint density at radius 3 is 2.52 bits per heavy atom. The highest BCUT2D eigenvalue weighted by atomic mass is 16.5. The lowest BCUT2D eigenvalue weighted by Crippen LogP contribution is -2.22. The molecule has 0 spiro atoms. The van der Waals surface area contributed by atoms with Gasteiger partial charge >= 0.3 is 0 Å². The van der Waals surface area contributed by atoms with E-state index < -0.39 is 0 Å². The molecule has 0 aliphatic heterocycles. The molecule has 116 valence electrons. The maximum Gasteiger partial charge on any atom is 0.255 e. The zero-order chi connectivity index (χ0) is 16.2. The van der Waals surface area contributed by atoms with Gasteiger partial charge in [-0.05, 0) is 29.1 Å². The lowest BCUT2D eigenvalue weighted by molar-refractivity contribution is 0.0948. The molecule has 0 aliphatic rings. The van der Waals surface area contributed by atoms with E-state index in [1.165, 1.54) is 0 Å². The number of methoxy groups -OCH3 is 1. The van der Waals surface area contributed by atoms with Crippen molar-refractivity contribution < 1.29 is 14.6 Å². The van der Waals surface area contributed by atoms with Crippen LogP contribution < -0.4 is 10.1 Å². The fourth-order valence-corrected chi connectivity index (χ4v) is 2.46. The lowest BCUT2D eigenvalue weighted by Gasteiger charge is -2.09. The summed E-state index contributed by atoms with van der Waals surface area (Å²) in [6.07, 6.45) is 0. The Bertz CT molecular complexity index is 841. The zero-order valence-corrected chi connectivity index (χ0v) is 12.7. The summed E-state index contributed by atoms with van der Waals surface area (Å²) in [5.74, 6) is 0.478. The van der Waals surface area contributed by atoms with Gasteiger partial charge < -0.3 is 15.2 Å². The average Bonchev–Trinajstić information content (AvgIpc) is 2.60. The number of nitrogens with one attached hydrogen (secondary N) is 1. The number of aromatic hydroxyl groups is 1. The number of ether oxygens (including phenoxy) is 1. The van der Waals surface area contributed by atoms with Gasteiger partial charge in [0.15, 0.2) is 0 Å². The Labute approximate surface area is 134 Å². The number of benzene rings is 3. The number of carbonyl (C=O) groups is 1. The highest BCUT2D eigenvalue weighted by Gasteiger charge is 2.13. The van der Waals surface area contributed by atoms with Crippen molar-refractivity contribution in [1.82, 2.24) is 5.32 Å². The van der Waals surface area contributed by atoms with Crippen LogP contribution >= 0.6 is 0 Å². The van der Waals surface area contributed by atoms with Crippen LogP contribution in [0, 0.1) is 0 Å². The maximum atomic E-state index is 12.3. The average molecular weight is 307 g/mol. The van der Waals surface area contributed by atoms with Crippen molar-refractivity contribution in [2.45, 2.75) is 6.54 Å². The predicted octanol–water partition coefficient (Wildman–Crippen LogP) is 3.48. The lowest BCUT2D eigenvalue weighted by atomic mass is 10.0. The van der Waals surface area contributed by atoms with Crippen molar-refractivity contribution >= 4 is 16.7 Å². The van der Waals surface area contributed by atoms with Crippen LogP contribution in [0.2, 0.25) is 0 Å². The van der Waals surface area contributed by atoms with Gasteiger partial charge in [0.2, 0.25) is 0 Å².